The number of para-hydroxylation sites is 1. The summed E-state index contributed by atoms with van der Waals surface area (Å²) in [6.07, 6.45) is 1.45. The van der Waals surface area contributed by atoms with E-state index in [-0.39, 0.29) is 11.7 Å². The number of nitrogens with zero attached hydrogens (tertiary/aromatic N) is 2. The molecular formula is C20H15N3O4. The number of furan rings is 1. The number of nitrogens with one attached hydrogen (secondary N) is 1. The number of carbonyl (C=O) groups is 1. The molecule has 134 valence electrons. The highest BCUT2D eigenvalue weighted by atomic mass is 16.5. The largest absolute Gasteiger partial charge is 0.496 e. The number of hydrogen-bond donors (Lipinski definition) is 1. The van der Waals surface area contributed by atoms with Crippen molar-refractivity contribution in [3.63, 3.8) is 0 Å². The van der Waals surface area contributed by atoms with E-state index in [1.807, 2.05) is 24.3 Å². The van der Waals surface area contributed by atoms with E-state index in [4.69, 9.17) is 13.7 Å². The minimum atomic E-state index is -0.316. The van der Waals surface area contributed by atoms with Crippen LogP contribution in [0.15, 0.2) is 75.9 Å². The predicted molar refractivity (Wildman–Crippen MR) is 98.4 cm³/mol. The summed E-state index contributed by atoms with van der Waals surface area (Å²) < 4.78 is 15.8. The monoisotopic (exact) mass is 361 g/mol. The zero-order valence-electron chi connectivity index (χ0n) is 14.4. The van der Waals surface area contributed by atoms with E-state index in [2.05, 4.69) is 15.5 Å². The number of benzene rings is 2. The Morgan fingerprint density at radius 2 is 1.85 bits per heavy atom. The number of ether oxygens (including phenoxy) is 1. The van der Waals surface area contributed by atoms with E-state index in [0.717, 1.165) is 11.1 Å². The molecule has 0 bridgehead atoms. The van der Waals surface area contributed by atoms with Crippen molar-refractivity contribution in [1.82, 2.24) is 10.1 Å². The molecule has 0 fully saturated rings. The van der Waals surface area contributed by atoms with Crippen LogP contribution in [-0.2, 0) is 0 Å². The summed E-state index contributed by atoms with van der Waals surface area (Å²) in [5.74, 6) is 1.42. The van der Waals surface area contributed by atoms with Crippen LogP contribution in [0.4, 0.5) is 5.69 Å². The lowest BCUT2D eigenvalue weighted by Crippen LogP contribution is -2.10. The maximum atomic E-state index is 12.0. The van der Waals surface area contributed by atoms with E-state index < -0.39 is 0 Å². The summed E-state index contributed by atoms with van der Waals surface area (Å²) in [5.41, 5.74) is 2.11. The predicted octanol–water partition coefficient (Wildman–Crippen LogP) is 4.26. The average molecular weight is 361 g/mol. The molecule has 2 aromatic heterocycles. The van der Waals surface area contributed by atoms with Gasteiger partial charge in [-0.15, -0.1) is 0 Å². The zero-order chi connectivity index (χ0) is 18.6. The van der Waals surface area contributed by atoms with Gasteiger partial charge in [0.05, 0.1) is 18.9 Å². The maximum Gasteiger partial charge on any atom is 0.291 e. The normalized spacial score (nSPS) is 10.6. The van der Waals surface area contributed by atoms with Crippen molar-refractivity contribution < 1.29 is 18.5 Å². The molecule has 27 heavy (non-hydrogen) atoms. The first-order valence-electron chi connectivity index (χ1n) is 8.17. The molecule has 1 N–H and O–H groups in total. The molecule has 2 aromatic carbocycles. The van der Waals surface area contributed by atoms with Crippen LogP contribution in [0.3, 0.4) is 0 Å². The molecule has 0 saturated carbocycles. The van der Waals surface area contributed by atoms with E-state index >= 15 is 0 Å². The molecule has 2 heterocycles. The zero-order valence-corrected chi connectivity index (χ0v) is 14.4. The molecule has 0 aliphatic heterocycles. The molecular weight excluding hydrogens is 346 g/mol. The lowest BCUT2D eigenvalue weighted by Gasteiger charge is -2.03. The summed E-state index contributed by atoms with van der Waals surface area (Å²) in [7, 11) is 1.59. The number of rotatable bonds is 5. The molecule has 7 nitrogen and oxygen atoms in total. The van der Waals surface area contributed by atoms with Gasteiger partial charge in [0.15, 0.2) is 5.76 Å². The molecule has 0 unspecified atom stereocenters. The van der Waals surface area contributed by atoms with Crippen LogP contribution in [0, 0.1) is 0 Å². The average Bonchev–Trinajstić information content (AvgIpc) is 3.41. The summed E-state index contributed by atoms with van der Waals surface area (Å²) in [6.45, 7) is 0. The van der Waals surface area contributed by atoms with E-state index in [1.165, 1.54) is 6.26 Å². The summed E-state index contributed by atoms with van der Waals surface area (Å²) in [6, 6.07) is 17.8. The van der Waals surface area contributed by atoms with Crippen molar-refractivity contribution in [3.8, 4) is 28.6 Å². The third kappa shape index (κ3) is 3.43. The minimum absolute atomic E-state index is 0.248. The van der Waals surface area contributed by atoms with Gasteiger partial charge in [0.2, 0.25) is 5.82 Å². The highest BCUT2D eigenvalue weighted by Gasteiger charge is 2.14. The van der Waals surface area contributed by atoms with Crippen molar-refractivity contribution in [2.24, 2.45) is 0 Å². The first kappa shape index (κ1) is 16.6. The van der Waals surface area contributed by atoms with E-state index in [1.54, 1.807) is 43.5 Å². The Balaban J connectivity index is 1.53. The quantitative estimate of drug-likeness (QED) is 0.571. The maximum absolute atomic E-state index is 12.0. The first-order chi connectivity index (χ1) is 13.2. The van der Waals surface area contributed by atoms with Crippen molar-refractivity contribution in [2.75, 3.05) is 12.4 Å². The molecule has 7 heteroatoms. The topological polar surface area (TPSA) is 90.4 Å². The van der Waals surface area contributed by atoms with E-state index in [9.17, 15) is 4.79 Å². The van der Waals surface area contributed by atoms with Crippen molar-refractivity contribution in [3.05, 3.63) is 72.7 Å². The second kappa shape index (κ2) is 7.17. The number of aromatic nitrogens is 2. The van der Waals surface area contributed by atoms with Crippen LogP contribution in [-0.4, -0.2) is 23.2 Å². The fourth-order valence-electron chi connectivity index (χ4n) is 2.58. The molecule has 0 aliphatic rings. The summed E-state index contributed by atoms with van der Waals surface area (Å²) in [4.78, 5) is 16.4. The van der Waals surface area contributed by atoms with Gasteiger partial charge in [-0.1, -0.05) is 17.3 Å². The highest BCUT2D eigenvalue weighted by Crippen LogP contribution is 2.29. The molecule has 0 saturated heterocycles. The molecule has 0 aliphatic carbocycles. The molecule has 1 amide bonds. The van der Waals surface area contributed by atoms with Crippen molar-refractivity contribution in [2.45, 2.75) is 0 Å². The Bertz CT molecular complexity index is 1050. The third-order valence-corrected chi connectivity index (χ3v) is 3.91. The van der Waals surface area contributed by atoms with Crippen molar-refractivity contribution >= 4 is 11.6 Å². The minimum Gasteiger partial charge on any atom is -0.496 e. The van der Waals surface area contributed by atoms with Crippen molar-refractivity contribution in [1.29, 1.82) is 0 Å². The van der Waals surface area contributed by atoms with Gasteiger partial charge in [0.1, 0.15) is 5.75 Å². The lowest BCUT2D eigenvalue weighted by atomic mass is 10.2. The van der Waals surface area contributed by atoms with E-state index in [0.29, 0.717) is 23.2 Å². The third-order valence-electron chi connectivity index (χ3n) is 3.91. The van der Waals surface area contributed by atoms with Crippen LogP contribution in [0.1, 0.15) is 10.6 Å². The fourth-order valence-corrected chi connectivity index (χ4v) is 2.58. The van der Waals surface area contributed by atoms with Crippen LogP contribution < -0.4 is 10.1 Å². The Kier molecular flexibility index (Phi) is 4.40. The number of amides is 1. The standard InChI is InChI=1S/C20H15N3O4/c1-25-16-6-3-2-5-15(16)18-22-20(27-23-18)13-8-10-14(11-9-13)21-19(24)17-7-4-12-26-17/h2-12H,1H3,(H,21,24). The molecule has 4 rings (SSSR count). The van der Waals surface area contributed by atoms with Crippen LogP contribution in [0.5, 0.6) is 5.75 Å². The van der Waals surface area contributed by atoms with Crippen LogP contribution in [0.2, 0.25) is 0 Å². The van der Waals surface area contributed by atoms with Gasteiger partial charge in [-0.25, -0.2) is 0 Å². The summed E-state index contributed by atoms with van der Waals surface area (Å²) in [5, 5.41) is 6.78. The Morgan fingerprint density at radius 1 is 1.04 bits per heavy atom. The molecule has 0 radical (unpaired) electrons. The highest BCUT2D eigenvalue weighted by molar-refractivity contribution is 6.02. The Hall–Kier alpha value is -3.87. The molecule has 0 atom stereocenters. The lowest BCUT2D eigenvalue weighted by molar-refractivity contribution is 0.0996. The van der Waals surface area contributed by atoms with Crippen LogP contribution in [0.25, 0.3) is 22.8 Å². The van der Waals surface area contributed by atoms with Gasteiger partial charge in [-0.05, 0) is 48.5 Å². The number of hydrogen-bond acceptors (Lipinski definition) is 6. The van der Waals surface area contributed by atoms with Gasteiger partial charge < -0.3 is 19.0 Å². The number of carbonyl (C=O) groups excluding carboxylic acids is 1. The summed E-state index contributed by atoms with van der Waals surface area (Å²) >= 11 is 0. The van der Waals surface area contributed by atoms with Gasteiger partial charge >= 0.3 is 0 Å². The SMILES string of the molecule is COc1ccccc1-c1noc(-c2ccc(NC(=O)c3ccco3)cc2)n1. The molecule has 4 aromatic rings. The van der Waals surface area contributed by atoms with Gasteiger partial charge in [0.25, 0.3) is 11.8 Å². The van der Waals surface area contributed by atoms with Gasteiger partial charge in [-0.2, -0.15) is 4.98 Å². The Labute approximate surface area is 154 Å². The second-order valence-electron chi connectivity index (χ2n) is 5.63. The number of anilines is 1. The van der Waals surface area contributed by atoms with Gasteiger partial charge in [0, 0.05) is 11.3 Å². The first-order valence-corrected chi connectivity index (χ1v) is 8.17. The van der Waals surface area contributed by atoms with Crippen LogP contribution >= 0.6 is 0 Å². The Morgan fingerprint density at radius 3 is 2.59 bits per heavy atom. The molecule has 0 spiro atoms. The second-order valence-corrected chi connectivity index (χ2v) is 5.63. The number of methoxy groups -OCH3 is 1. The smallest absolute Gasteiger partial charge is 0.291 e. The fraction of sp³-hybridized carbons (Fsp3) is 0.0500. The van der Waals surface area contributed by atoms with Gasteiger partial charge in [-0.3, -0.25) is 4.79 Å².